The van der Waals surface area contributed by atoms with Gasteiger partial charge in [0.05, 0.1) is 5.69 Å². The fourth-order valence-electron chi connectivity index (χ4n) is 3.04. The highest BCUT2D eigenvalue weighted by molar-refractivity contribution is 7.10. The van der Waals surface area contributed by atoms with Crippen LogP contribution in [0, 0.1) is 0 Å². The number of benzene rings is 2. The second-order valence-corrected chi connectivity index (χ2v) is 6.63. The molecule has 120 valence electrons. The third-order valence-corrected chi connectivity index (χ3v) is 4.99. The first kappa shape index (κ1) is 14.1. The lowest BCUT2D eigenvalue weighted by atomic mass is 10.1. The average Bonchev–Trinajstić information content (AvgIpc) is 3.34. The van der Waals surface area contributed by atoms with Crippen molar-refractivity contribution in [3.63, 3.8) is 0 Å². The molecule has 5 nitrogen and oxygen atoms in total. The van der Waals surface area contributed by atoms with E-state index in [1.54, 1.807) is 17.5 Å². The predicted octanol–water partition coefficient (Wildman–Crippen LogP) is 3.41. The summed E-state index contributed by atoms with van der Waals surface area (Å²) >= 11 is 1.55. The second kappa shape index (κ2) is 5.39. The molecule has 0 spiro atoms. The number of aromatic hydroxyl groups is 1. The molecule has 0 unspecified atom stereocenters. The summed E-state index contributed by atoms with van der Waals surface area (Å²) in [6.07, 6.45) is 3.72. The fourth-order valence-corrected chi connectivity index (χ4v) is 3.67. The topological polar surface area (TPSA) is 73.6 Å². The average molecular weight is 344 g/mol. The van der Waals surface area contributed by atoms with Crippen LogP contribution in [0.25, 0.3) is 22.7 Å². The molecule has 0 fully saturated rings. The lowest BCUT2D eigenvalue weighted by molar-refractivity contribution is 0.457. The summed E-state index contributed by atoms with van der Waals surface area (Å²) < 4.78 is 0. The van der Waals surface area contributed by atoms with Gasteiger partial charge in [-0.05, 0) is 29.5 Å². The number of H-pyrrole nitrogens is 1. The minimum absolute atomic E-state index is 0.165. The van der Waals surface area contributed by atoms with E-state index in [1.165, 1.54) is 0 Å². The molecule has 2 aromatic carbocycles. The van der Waals surface area contributed by atoms with Gasteiger partial charge in [-0.25, -0.2) is 4.98 Å². The summed E-state index contributed by atoms with van der Waals surface area (Å²) in [5, 5.41) is 24.5. The zero-order valence-corrected chi connectivity index (χ0v) is 13.8. The number of nitrogens with one attached hydrogen (secondary N) is 1. The molecule has 0 radical (unpaired) electrons. The van der Waals surface area contributed by atoms with Crippen LogP contribution in [-0.2, 0) is 0 Å². The van der Waals surface area contributed by atoms with Gasteiger partial charge in [-0.2, -0.15) is 0 Å². The minimum atomic E-state index is 0.165. The molecule has 1 aliphatic rings. The first-order chi connectivity index (χ1) is 12.3. The van der Waals surface area contributed by atoms with Crippen LogP contribution in [-0.4, -0.2) is 15.1 Å². The number of azo groups is 1. The molecule has 0 saturated carbocycles. The SMILES string of the molecule is Oc1[nH]c2ccccc2c1/C=c1\ccc2c(c1)N=NC=2c1nccs1. The Morgan fingerprint density at radius 1 is 1.08 bits per heavy atom. The van der Waals surface area contributed by atoms with Crippen LogP contribution >= 0.6 is 11.3 Å². The number of nitrogens with zero attached hydrogens (tertiary/aromatic N) is 3. The summed E-state index contributed by atoms with van der Waals surface area (Å²) in [5.41, 5.74) is 3.31. The molecular formula is C19H12N4OS. The zero-order valence-electron chi connectivity index (χ0n) is 13.0. The summed E-state index contributed by atoms with van der Waals surface area (Å²) in [6.45, 7) is 0. The Bertz CT molecular complexity index is 1250. The monoisotopic (exact) mass is 344 g/mol. The Kier molecular flexibility index (Phi) is 3.05. The molecule has 0 amide bonds. The van der Waals surface area contributed by atoms with Crippen LogP contribution in [0.15, 0.2) is 64.3 Å². The van der Waals surface area contributed by atoms with Crippen molar-refractivity contribution in [3.05, 3.63) is 75.0 Å². The van der Waals surface area contributed by atoms with E-state index in [0.717, 1.165) is 43.3 Å². The van der Waals surface area contributed by atoms with Gasteiger partial charge in [0.2, 0.25) is 0 Å². The van der Waals surface area contributed by atoms with Crippen molar-refractivity contribution in [2.45, 2.75) is 0 Å². The number of thiazole rings is 1. The molecule has 3 heterocycles. The van der Waals surface area contributed by atoms with Crippen LogP contribution in [0.2, 0.25) is 0 Å². The van der Waals surface area contributed by atoms with E-state index < -0.39 is 0 Å². The van der Waals surface area contributed by atoms with Crippen molar-refractivity contribution < 1.29 is 5.11 Å². The van der Waals surface area contributed by atoms with Crippen LogP contribution in [0.5, 0.6) is 5.88 Å². The molecule has 0 atom stereocenters. The number of para-hydroxylation sites is 1. The highest BCUT2D eigenvalue weighted by Crippen LogP contribution is 2.28. The Morgan fingerprint density at radius 2 is 2.00 bits per heavy atom. The summed E-state index contributed by atoms with van der Waals surface area (Å²) in [5.74, 6) is 0.165. The van der Waals surface area contributed by atoms with Crippen molar-refractivity contribution in [1.82, 2.24) is 9.97 Å². The van der Waals surface area contributed by atoms with Crippen LogP contribution in [0.4, 0.5) is 5.69 Å². The number of aromatic nitrogens is 2. The van der Waals surface area contributed by atoms with Gasteiger partial charge in [0.15, 0.2) is 5.88 Å². The molecule has 4 aromatic rings. The van der Waals surface area contributed by atoms with E-state index >= 15 is 0 Å². The quantitative estimate of drug-likeness (QED) is 0.585. The van der Waals surface area contributed by atoms with Gasteiger partial charge in [0.25, 0.3) is 0 Å². The minimum Gasteiger partial charge on any atom is -0.494 e. The standard InChI is InChI=1S/C19H12N4OS/c24-18-14(12-3-1-2-4-15(12)21-18)9-11-5-6-13-16(10-11)22-23-17(13)19-20-7-8-25-19/h1-10,21,24H/b11-9+. The van der Waals surface area contributed by atoms with E-state index in [-0.39, 0.29) is 5.88 Å². The molecule has 6 heteroatoms. The van der Waals surface area contributed by atoms with Crippen LogP contribution in [0.1, 0.15) is 10.6 Å². The van der Waals surface area contributed by atoms with Gasteiger partial charge in [-0.3, -0.25) is 0 Å². The maximum Gasteiger partial charge on any atom is 0.196 e. The van der Waals surface area contributed by atoms with Crippen molar-refractivity contribution in [3.8, 4) is 5.88 Å². The Morgan fingerprint density at radius 3 is 2.88 bits per heavy atom. The third kappa shape index (κ3) is 2.27. The zero-order chi connectivity index (χ0) is 16.8. The number of fused-ring (bicyclic) bond motifs is 2. The van der Waals surface area contributed by atoms with Gasteiger partial charge in [-0.15, -0.1) is 21.6 Å². The van der Waals surface area contributed by atoms with Gasteiger partial charge in [-0.1, -0.05) is 24.3 Å². The molecule has 0 saturated heterocycles. The Hall–Kier alpha value is -3.25. The van der Waals surface area contributed by atoms with Crippen LogP contribution in [0.3, 0.4) is 0 Å². The van der Waals surface area contributed by atoms with E-state index in [2.05, 4.69) is 20.2 Å². The van der Waals surface area contributed by atoms with E-state index in [1.807, 2.05) is 53.9 Å². The predicted molar refractivity (Wildman–Crippen MR) is 98.4 cm³/mol. The number of aromatic amines is 1. The van der Waals surface area contributed by atoms with Crippen LogP contribution < -0.4 is 10.4 Å². The highest BCUT2D eigenvalue weighted by atomic mass is 32.1. The molecule has 0 aliphatic carbocycles. The molecule has 25 heavy (non-hydrogen) atoms. The molecule has 1 aliphatic heterocycles. The fraction of sp³-hybridized carbons (Fsp3) is 0. The van der Waals surface area contributed by atoms with E-state index in [0.29, 0.717) is 0 Å². The first-order valence-corrected chi connectivity index (χ1v) is 8.65. The normalized spacial score (nSPS) is 13.8. The van der Waals surface area contributed by atoms with Gasteiger partial charge < -0.3 is 10.1 Å². The molecule has 2 aromatic heterocycles. The first-order valence-electron chi connectivity index (χ1n) is 7.77. The second-order valence-electron chi connectivity index (χ2n) is 5.74. The van der Waals surface area contributed by atoms with Crippen molar-refractivity contribution in [2.24, 2.45) is 10.2 Å². The number of hydrogen-bond acceptors (Lipinski definition) is 5. The molecule has 2 N–H and O–H groups in total. The summed E-state index contributed by atoms with van der Waals surface area (Å²) in [6, 6.07) is 13.8. The number of hydrogen-bond donors (Lipinski definition) is 2. The molecular weight excluding hydrogens is 332 g/mol. The maximum atomic E-state index is 10.2. The van der Waals surface area contributed by atoms with Crippen molar-refractivity contribution >= 4 is 39.7 Å². The third-order valence-electron chi connectivity index (χ3n) is 4.21. The summed E-state index contributed by atoms with van der Waals surface area (Å²) in [7, 11) is 0. The van der Waals surface area contributed by atoms with E-state index in [9.17, 15) is 5.11 Å². The van der Waals surface area contributed by atoms with E-state index in [4.69, 9.17) is 0 Å². The van der Waals surface area contributed by atoms with Gasteiger partial charge in [0.1, 0.15) is 10.7 Å². The smallest absolute Gasteiger partial charge is 0.196 e. The lowest BCUT2D eigenvalue weighted by Gasteiger charge is -1.95. The van der Waals surface area contributed by atoms with Gasteiger partial charge >= 0.3 is 0 Å². The van der Waals surface area contributed by atoms with Gasteiger partial charge in [0, 0.05) is 33.3 Å². The highest BCUT2D eigenvalue weighted by Gasteiger charge is 2.13. The largest absolute Gasteiger partial charge is 0.494 e. The van der Waals surface area contributed by atoms with Crippen molar-refractivity contribution in [1.29, 1.82) is 0 Å². The lowest BCUT2D eigenvalue weighted by Crippen LogP contribution is -2.09. The Balaban J connectivity index is 1.69. The molecule has 5 rings (SSSR count). The Labute approximate surface area is 146 Å². The summed E-state index contributed by atoms with van der Waals surface area (Å²) in [4.78, 5) is 7.31. The molecule has 0 bridgehead atoms. The van der Waals surface area contributed by atoms with Crippen molar-refractivity contribution in [2.75, 3.05) is 0 Å². The maximum absolute atomic E-state index is 10.2. The number of rotatable bonds is 2.